The average Bonchev–Trinajstić information content (AvgIpc) is 3.12. The summed E-state index contributed by atoms with van der Waals surface area (Å²) in [7, 11) is 5.65. The lowest BCUT2D eigenvalue weighted by Crippen LogP contribution is -2.30. The molecule has 4 nitrogen and oxygen atoms in total. The molecule has 0 saturated carbocycles. The summed E-state index contributed by atoms with van der Waals surface area (Å²) >= 11 is 6.06. The van der Waals surface area contributed by atoms with Gasteiger partial charge in [-0.05, 0) is 41.5 Å². The Morgan fingerprint density at radius 2 is 1.92 bits per heavy atom. The number of methoxy groups -OCH3 is 1. The SMILES string of the molecule is COc1ccc(Cl)cc1CC(=O)N1CC=C(c2ccc(N(C)C)cc2)C1. The van der Waals surface area contributed by atoms with Gasteiger partial charge in [-0.25, -0.2) is 0 Å². The molecule has 0 radical (unpaired) electrons. The molecule has 3 rings (SSSR count). The van der Waals surface area contributed by atoms with Crippen molar-refractivity contribution in [1.82, 2.24) is 4.90 Å². The van der Waals surface area contributed by atoms with Crippen LogP contribution < -0.4 is 9.64 Å². The van der Waals surface area contributed by atoms with Crippen molar-refractivity contribution in [2.45, 2.75) is 6.42 Å². The van der Waals surface area contributed by atoms with Crippen LogP contribution in [0, 0.1) is 0 Å². The van der Waals surface area contributed by atoms with E-state index in [0.717, 1.165) is 16.8 Å². The number of carbonyl (C=O) groups is 1. The van der Waals surface area contributed by atoms with E-state index >= 15 is 0 Å². The van der Waals surface area contributed by atoms with Crippen molar-refractivity contribution in [1.29, 1.82) is 0 Å². The molecule has 5 heteroatoms. The molecular weight excluding hydrogens is 348 g/mol. The second-order valence-electron chi connectivity index (χ2n) is 6.58. The Bertz CT molecular complexity index is 828. The number of carbonyl (C=O) groups excluding carboxylic acids is 1. The standard InChI is InChI=1S/C21H23ClN2O2/c1-23(2)19-7-4-15(5-8-19)16-10-11-24(14-16)21(25)13-17-12-18(22)6-9-20(17)26-3/h4-10,12H,11,13-14H2,1-3H3. The number of nitrogens with zero attached hydrogens (tertiary/aromatic N) is 2. The second kappa shape index (κ2) is 7.83. The molecule has 0 aliphatic carbocycles. The first-order valence-corrected chi connectivity index (χ1v) is 8.92. The van der Waals surface area contributed by atoms with Gasteiger partial charge in [0.25, 0.3) is 0 Å². The number of hydrogen-bond donors (Lipinski definition) is 0. The summed E-state index contributed by atoms with van der Waals surface area (Å²) in [5.74, 6) is 0.760. The molecular formula is C21H23ClN2O2. The maximum atomic E-state index is 12.7. The topological polar surface area (TPSA) is 32.8 Å². The number of amides is 1. The van der Waals surface area contributed by atoms with E-state index in [9.17, 15) is 4.79 Å². The maximum absolute atomic E-state index is 12.7. The first kappa shape index (κ1) is 18.3. The highest BCUT2D eigenvalue weighted by atomic mass is 35.5. The van der Waals surface area contributed by atoms with Crippen molar-refractivity contribution >= 4 is 28.8 Å². The molecule has 1 heterocycles. The summed E-state index contributed by atoms with van der Waals surface area (Å²) in [4.78, 5) is 16.6. The van der Waals surface area contributed by atoms with Gasteiger partial charge in [0.15, 0.2) is 0 Å². The predicted octanol–water partition coefficient (Wildman–Crippen LogP) is 3.88. The van der Waals surface area contributed by atoms with Gasteiger partial charge in [0.2, 0.25) is 5.91 Å². The molecule has 0 aromatic heterocycles. The van der Waals surface area contributed by atoms with E-state index in [0.29, 0.717) is 23.9 Å². The number of anilines is 1. The van der Waals surface area contributed by atoms with E-state index in [2.05, 4.69) is 35.2 Å². The molecule has 1 aliphatic heterocycles. The molecule has 2 aromatic rings. The minimum absolute atomic E-state index is 0.0710. The van der Waals surface area contributed by atoms with Gasteiger partial charge in [-0.1, -0.05) is 29.8 Å². The zero-order chi connectivity index (χ0) is 18.7. The molecule has 1 aliphatic rings. The molecule has 0 N–H and O–H groups in total. The smallest absolute Gasteiger partial charge is 0.227 e. The van der Waals surface area contributed by atoms with E-state index in [-0.39, 0.29) is 12.3 Å². The molecule has 0 unspecified atom stereocenters. The molecule has 2 aromatic carbocycles. The first-order chi connectivity index (χ1) is 12.5. The van der Waals surface area contributed by atoms with Crippen LogP contribution in [-0.4, -0.2) is 45.1 Å². The van der Waals surface area contributed by atoms with Gasteiger partial charge in [-0.2, -0.15) is 0 Å². The average molecular weight is 371 g/mol. The number of ether oxygens (including phenoxy) is 1. The normalized spacial score (nSPS) is 13.5. The van der Waals surface area contributed by atoms with Gasteiger partial charge in [-0.15, -0.1) is 0 Å². The van der Waals surface area contributed by atoms with Gasteiger partial charge >= 0.3 is 0 Å². The van der Waals surface area contributed by atoms with E-state index < -0.39 is 0 Å². The molecule has 0 bridgehead atoms. The van der Waals surface area contributed by atoms with E-state index in [4.69, 9.17) is 16.3 Å². The second-order valence-corrected chi connectivity index (χ2v) is 7.01. The quantitative estimate of drug-likeness (QED) is 0.800. The van der Waals surface area contributed by atoms with Crippen molar-refractivity contribution < 1.29 is 9.53 Å². The monoisotopic (exact) mass is 370 g/mol. The highest BCUT2D eigenvalue weighted by molar-refractivity contribution is 6.30. The summed E-state index contributed by atoms with van der Waals surface area (Å²) in [6.45, 7) is 1.26. The van der Waals surface area contributed by atoms with Crippen LogP contribution in [0.15, 0.2) is 48.5 Å². The van der Waals surface area contributed by atoms with Crippen molar-refractivity contribution in [2.24, 2.45) is 0 Å². The molecule has 136 valence electrons. The minimum Gasteiger partial charge on any atom is -0.496 e. The lowest BCUT2D eigenvalue weighted by molar-refractivity contribution is -0.129. The summed E-state index contributed by atoms with van der Waals surface area (Å²) < 4.78 is 5.34. The third-order valence-electron chi connectivity index (χ3n) is 4.61. The van der Waals surface area contributed by atoms with Crippen molar-refractivity contribution in [3.05, 3.63) is 64.7 Å². The zero-order valence-corrected chi connectivity index (χ0v) is 16.1. The maximum Gasteiger partial charge on any atom is 0.227 e. The Labute approximate surface area is 159 Å². The number of halogens is 1. The highest BCUT2D eigenvalue weighted by Gasteiger charge is 2.21. The molecule has 1 amide bonds. The van der Waals surface area contributed by atoms with E-state index in [1.165, 1.54) is 5.57 Å². The van der Waals surface area contributed by atoms with Crippen LogP contribution in [0.4, 0.5) is 5.69 Å². The Morgan fingerprint density at radius 3 is 2.58 bits per heavy atom. The van der Waals surface area contributed by atoms with Gasteiger partial charge in [0.05, 0.1) is 13.5 Å². The van der Waals surface area contributed by atoms with Crippen LogP contribution in [0.25, 0.3) is 5.57 Å². The first-order valence-electron chi connectivity index (χ1n) is 8.55. The van der Waals surface area contributed by atoms with Crippen molar-refractivity contribution in [3.63, 3.8) is 0 Å². The van der Waals surface area contributed by atoms with Crippen molar-refractivity contribution in [3.8, 4) is 5.75 Å². The van der Waals surface area contributed by atoms with Crippen LogP contribution in [0.2, 0.25) is 5.02 Å². The molecule has 26 heavy (non-hydrogen) atoms. The number of hydrogen-bond acceptors (Lipinski definition) is 3. The Hall–Kier alpha value is -2.46. The van der Waals surface area contributed by atoms with E-state index in [1.807, 2.05) is 19.0 Å². The van der Waals surface area contributed by atoms with Gasteiger partial charge in [-0.3, -0.25) is 4.79 Å². The fourth-order valence-corrected chi connectivity index (χ4v) is 3.28. The van der Waals surface area contributed by atoms with Crippen LogP contribution in [0.3, 0.4) is 0 Å². The summed E-state index contributed by atoms with van der Waals surface area (Å²) in [6.07, 6.45) is 2.40. The van der Waals surface area contributed by atoms with Crippen LogP contribution in [-0.2, 0) is 11.2 Å². The number of rotatable bonds is 5. The van der Waals surface area contributed by atoms with E-state index in [1.54, 1.807) is 25.3 Å². The summed E-state index contributed by atoms with van der Waals surface area (Å²) in [6, 6.07) is 13.8. The van der Waals surface area contributed by atoms with Gasteiger partial charge in [0.1, 0.15) is 5.75 Å². The lowest BCUT2D eigenvalue weighted by atomic mass is 10.1. The fraction of sp³-hybridized carbons (Fsp3) is 0.286. The minimum atomic E-state index is 0.0710. The van der Waals surface area contributed by atoms with Crippen LogP contribution in [0.1, 0.15) is 11.1 Å². The van der Waals surface area contributed by atoms with Crippen molar-refractivity contribution in [2.75, 3.05) is 39.2 Å². The highest BCUT2D eigenvalue weighted by Crippen LogP contribution is 2.26. The van der Waals surface area contributed by atoms with Gasteiger partial charge < -0.3 is 14.5 Å². The largest absolute Gasteiger partial charge is 0.496 e. The van der Waals surface area contributed by atoms with Gasteiger partial charge in [0, 0.05) is 43.5 Å². The van der Waals surface area contributed by atoms with Crippen LogP contribution >= 0.6 is 11.6 Å². The lowest BCUT2D eigenvalue weighted by Gasteiger charge is -2.18. The number of benzene rings is 2. The van der Waals surface area contributed by atoms with Crippen LogP contribution in [0.5, 0.6) is 5.75 Å². The third kappa shape index (κ3) is 4.02. The molecule has 0 spiro atoms. The Balaban J connectivity index is 1.66. The molecule has 0 fully saturated rings. The fourth-order valence-electron chi connectivity index (χ4n) is 3.09. The summed E-state index contributed by atoms with van der Waals surface area (Å²) in [5.41, 5.74) is 4.31. The Morgan fingerprint density at radius 1 is 1.19 bits per heavy atom. The molecule has 0 atom stereocenters. The Kier molecular flexibility index (Phi) is 5.52. The third-order valence-corrected chi connectivity index (χ3v) is 4.85. The predicted molar refractivity (Wildman–Crippen MR) is 107 cm³/mol. The zero-order valence-electron chi connectivity index (χ0n) is 15.3. The summed E-state index contributed by atoms with van der Waals surface area (Å²) in [5, 5.41) is 0.606. The molecule has 0 saturated heterocycles.